The average molecular weight is 276 g/mol. The second-order valence-electron chi connectivity index (χ2n) is 5.41. The van der Waals surface area contributed by atoms with Crippen molar-refractivity contribution in [3.8, 4) is 0 Å². The number of piperidine rings is 1. The van der Waals surface area contributed by atoms with Crippen LogP contribution in [0, 0.1) is 12.8 Å². The Hall–Kier alpha value is -1.13. The van der Waals surface area contributed by atoms with Gasteiger partial charge in [0, 0.05) is 19.7 Å². The van der Waals surface area contributed by atoms with E-state index in [0.29, 0.717) is 12.5 Å². The molecule has 0 aliphatic carbocycles. The molecular formula is C15H20N2OS. The van der Waals surface area contributed by atoms with Gasteiger partial charge in [-0.15, -0.1) is 0 Å². The van der Waals surface area contributed by atoms with E-state index >= 15 is 0 Å². The molecule has 0 radical (unpaired) electrons. The van der Waals surface area contributed by atoms with Crippen LogP contribution in [0.4, 0.5) is 5.13 Å². The minimum atomic E-state index is 0.324. The molecule has 0 unspecified atom stereocenters. The highest BCUT2D eigenvalue weighted by Crippen LogP contribution is 2.32. The Morgan fingerprint density at radius 3 is 2.89 bits per heavy atom. The number of rotatable bonds is 3. The van der Waals surface area contributed by atoms with Crippen LogP contribution < -0.4 is 4.90 Å². The van der Waals surface area contributed by atoms with Gasteiger partial charge in [-0.1, -0.05) is 17.4 Å². The van der Waals surface area contributed by atoms with E-state index in [0.717, 1.165) is 30.2 Å². The quantitative estimate of drug-likeness (QED) is 0.935. The van der Waals surface area contributed by atoms with Crippen LogP contribution in [0.5, 0.6) is 0 Å². The molecule has 0 saturated carbocycles. The van der Waals surface area contributed by atoms with E-state index in [1.807, 2.05) is 0 Å². The van der Waals surface area contributed by atoms with Crippen molar-refractivity contribution in [2.24, 2.45) is 5.92 Å². The minimum Gasteiger partial charge on any atom is -0.396 e. The summed E-state index contributed by atoms with van der Waals surface area (Å²) in [6.45, 7) is 4.59. The van der Waals surface area contributed by atoms with Crippen LogP contribution in [0.25, 0.3) is 10.2 Å². The van der Waals surface area contributed by atoms with Gasteiger partial charge >= 0.3 is 0 Å². The number of aliphatic hydroxyl groups excluding tert-OH is 1. The Morgan fingerprint density at radius 2 is 2.16 bits per heavy atom. The van der Waals surface area contributed by atoms with E-state index in [4.69, 9.17) is 10.1 Å². The van der Waals surface area contributed by atoms with Crippen molar-refractivity contribution < 1.29 is 5.11 Å². The molecule has 1 aliphatic heterocycles. The van der Waals surface area contributed by atoms with Gasteiger partial charge in [0.1, 0.15) is 0 Å². The Kier molecular flexibility index (Phi) is 3.71. The molecule has 0 atom stereocenters. The Morgan fingerprint density at radius 1 is 1.37 bits per heavy atom. The van der Waals surface area contributed by atoms with Gasteiger partial charge in [-0.3, -0.25) is 0 Å². The third-order valence-electron chi connectivity index (χ3n) is 3.96. The van der Waals surface area contributed by atoms with Crippen molar-refractivity contribution >= 4 is 26.7 Å². The Labute approximate surface area is 117 Å². The van der Waals surface area contributed by atoms with Crippen molar-refractivity contribution in [1.29, 1.82) is 0 Å². The number of aliphatic hydroxyl groups is 1. The molecule has 1 aliphatic rings. The highest BCUT2D eigenvalue weighted by Gasteiger charge is 2.21. The molecule has 2 aromatic rings. The van der Waals surface area contributed by atoms with E-state index in [-0.39, 0.29) is 0 Å². The standard InChI is InChI=1S/C15H20N2OS/c1-11-2-3-13-14(10-11)19-15(16-13)17-7-4-12(5-8-17)6-9-18/h2-3,10,12,18H,4-9H2,1H3. The molecule has 4 heteroatoms. The summed E-state index contributed by atoms with van der Waals surface area (Å²) < 4.78 is 1.28. The molecule has 1 aromatic heterocycles. The number of aryl methyl sites for hydroxylation is 1. The van der Waals surface area contributed by atoms with Gasteiger partial charge < -0.3 is 10.0 Å². The lowest BCUT2D eigenvalue weighted by Crippen LogP contribution is -2.33. The maximum atomic E-state index is 9.00. The van der Waals surface area contributed by atoms with Gasteiger partial charge in [-0.25, -0.2) is 4.98 Å². The zero-order valence-corrected chi connectivity index (χ0v) is 12.1. The maximum absolute atomic E-state index is 9.00. The number of benzene rings is 1. The van der Waals surface area contributed by atoms with Crippen LogP contribution in [-0.4, -0.2) is 29.8 Å². The molecule has 0 amide bonds. The summed E-state index contributed by atoms with van der Waals surface area (Å²) in [5.74, 6) is 0.692. The van der Waals surface area contributed by atoms with Gasteiger partial charge in [0.2, 0.25) is 0 Å². The van der Waals surface area contributed by atoms with Gasteiger partial charge in [-0.2, -0.15) is 0 Å². The number of nitrogens with zero attached hydrogens (tertiary/aromatic N) is 2. The fourth-order valence-corrected chi connectivity index (χ4v) is 3.87. The Bertz CT molecular complexity index is 558. The molecule has 0 bridgehead atoms. The minimum absolute atomic E-state index is 0.324. The molecule has 3 rings (SSSR count). The first-order valence-corrected chi connectivity index (χ1v) is 7.81. The molecule has 3 nitrogen and oxygen atoms in total. The highest BCUT2D eigenvalue weighted by atomic mass is 32.1. The summed E-state index contributed by atoms with van der Waals surface area (Å²) in [7, 11) is 0. The van der Waals surface area contributed by atoms with Crippen LogP contribution in [0.3, 0.4) is 0 Å². The predicted octanol–water partition coefficient (Wildman–Crippen LogP) is 3.20. The van der Waals surface area contributed by atoms with Gasteiger partial charge in [0.25, 0.3) is 0 Å². The zero-order valence-electron chi connectivity index (χ0n) is 11.3. The maximum Gasteiger partial charge on any atom is 0.186 e. The number of hydrogen-bond donors (Lipinski definition) is 1. The second-order valence-corrected chi connectivity index (χ2v) is 6.42. The van der Waals surface area contributed by atoms with Gasteiger partial charge in [0.15, 0.2) is 5.13 Å². The molecule has 1 N–H and O–H groups in total. The zero-order chi connectivity index (χ0) is 13.2. The molecule has 102 valence electrons. The Balaban J connectivity index is 1.74. The lowest BCUT2D eigenvalue weighted by molar-refractivity contribution is 0.240. The monoisotopic (exact) mass is 276 g/mol. The highest BCUT2D eigenvalue weighted by molar-refractivity contribution is 7.22. The third kappa shape index (κ3) is 2.74. The summed E-state index contributed by atoms with van der Waals surface area (Å²) in [6.07, 6.45) is 3.30. The number of fused-ring (bicyclic) bond motifs is 1. The third-order valence-corrected chi connectivity index (χ3v) is 5.03. The van der Waals surface area contributed by atoms with Gasteiger partial charge in [0.05, 0.1) is 10.2 Å². The van der Waals surface area contributed by atoms with Crippen molar-refractivity contribution in [2.75, 3.05) is 24.6 Å². The molecular weight excluding hydrogens is 256 g/mol. The fourth-order valence-electron chi connectivity index (χ4n) is 2.75. The summed E-state index contributed by atoms with van der Waals surface area (Å²) in [6, 6.07) is 6.46. The molecule has 19 heavy (non-hydrogen) atoms. The van der Waals surface area contributed by atoms with Crippen molar-refractivity contribution in [2.45, 2.75) is 26.2 Å². The van der Waals surface area contributed by atoms with Crippen molar-refractivity contribution in [3.63, 3.8) is 0 Å². The predicted molar refractivity (Wildman–Crippen MR) is 81.0 cm³/mol. The first-order chi connectivity index (χ1) is 9.26. The van der Waals surface area contributed by atoms with E-state index in [9.17, 15) is 0 Å². The van der Waals surface area contributed by atoms with Gasteiger partial charge in [-0.05, 0) is 49.8 Å². The van der Waals surface area contributed by atoms with Crippen LogP contribution >= 0.6 is 11.3 Å². The SMILES string of the molecule is Cc1ccc2nc(N3CCC(CCO)CC3)sc2c1. The van der Waals surface area contributed by atoms with E-state index in [1.54, 1.807) is 11.3 Å². The lowest BCUT2D eigenvalue weighted by atomic mass is 9.94. The average Bonchev–Trinajstić information content (AvgIpc) is 2.83. The molecule has 0 spiro atoms. The summed E-state index contributed by atoms with van der Waals surface area (Å²) in [5, 5.41) is 10.2. The molecule has 1 saturated heterocycles. The van der Waals surface area contributed by atoms with E-state index < -0.39 is 0 Å². The number of thiazole rings is 1. The number of aromatic nitrogens is 1. The summed E-state index contributed by atoms with van der Waals surface area (Å²) >= 11 is 1.80. The second kappa shape index (κ2) is 5.47. The van der Waals surface area contributed by atoms with Crippen molar-refractivity contribution in [3.05, 3.63) is 23.8 Å². The first kappa shape index (κ1) is 12.9. The van der Waals surface area contributed by atoms with Crippen LogP contribution in [0.2, 0.25) is 0 Å². The van der Waals surface area contributed by atoms with E-state index in [1.165, 1.54) is 23.1 Å². The topological polar surface area (TPSA) is 36.4 Å². The number of hydrogen-bond acceptors (Lipinski definition) is 4. The lowest BCUT2D eigenvalue weighted by Gasteiger charge is -2.31. The smallest absolute Gasteiger partial charge is 0.186 e. The van der Waals surface area contributed by atoms with Crippen LogP contribution in [0.15, 0.2) is 18.2 Å². The fraction of sp³-hybridized carbons (Fsp3) is 0.533. The summed E-state index contributed by atoms with van der Waals surface area (Å²) in [4.78, 5) is 7.14. The van der Waals surface area contributed by atoms with Crippen LogP contribution in [-0.2, 0) is 0 Å². The van der Waals surface area contributed by atoms with E-state index in [2.05, 4.69) is 30.0 Å². The largest absolute Gasteiger partial charge is 0.396 e. The molecule has 1 fully saturated rings. The van der Waals surface area contributed by atoms with Crippen molar-refractivity contribution in [1.82, 2.24) is 4.98 Å². The normalized spacial score (nSPS) is 17.3. The molecule has 1 aromatic carbocycles. The number of anilines is 1. The summed E-state index contributed by atoms with van der Waals surface area (Å²) in [5.41, 5.74) is 2.41. The first-order valence-electron chi connectivity index (χ1n) is 6.99. The van der Waals surface area contributed by atoms with Crippen LogP contribution in [0.1, 0.15) is 24.8 Å². The molecule has 2 heterocycles.